The van der Waals surface area contributed by atoms with Crippen LogP contribution in [0.2, 0.25) is 0 Å². The summed E-state index contributed by atoms with van der Waals surface area (Å²) in [6.45, 7) is 13.9. The van der Waals surface area contributed by atoms with Gasteiger partial charge in [-0.05, 0) is 70.5 Å². The number of para-hydroxylation sites is 2. The van der Waals surface area contributed by atoms with Crippen molar-refractivity contribution < 1.29 is 0 Å². The third-order valence-electron chi connectivity index (χ3n) is 8.91. The van der Waals surface area contributed by atoms with Crippen LogP contribution in [0.1, 0.15) is 52.7 Å². The second kappa shape index (κ2) is 9.07. The molecule has 4 aromatic heterocycles. The van der Waals surface area contributed by atoms with Crippen LogP contribution in [0, 0.1) is 0 Å². The van der Waals surface area contributed by atoms with Gasteiger partial charge in [0.15, 0.2) is 0 Å². The van der Waals surface area contributed by atoms with Crippen LogP contribution in [0.5, 0.6) is 0 Å². The van der Waals surface area contributed by atoms with Crippen LogP contribution >= 0.6 is 45.3 Å². The zero-order chi connectivity index (χ0) is 30.1. The fraction of sp³-hybridized carbons (Fsp3) is 0.211. The van der Waals surface area contributed by atoms with Crippen molar-refractivity contribution in [2.45, 2.75) is 52.4 Å². The lowest BCUT2D eigenvalue weighted by Crippen LogP contribution is -2.11. The minimum absolute atomic E-state index is 0.0809. The van der Waals surface area contributed by atoms with Crippen molar-refractivity contribution in [2.75, 3.05) is 0 Å². The number of hydrogen-bond acceptors (Lipinski definition) is 4. The number of aromatic nitrogens is 2. The van der Waals surface area contributed by atoms with Gasteiger partial charge in [0.1, 0.15) is 0 Å². The van der Waals surface area contributed by atoms with Gasteiger partial charge in [0.2, 0.25) is 0 Å². The lowest BCUT2D eigenvalue weighted by atomic mass is 9.87. The van der Waals surface area contributed by atoms with Crippen molar-refractivity contribution in [3.63, 3.8) is 0 Å². The maximum atomic E-state index is 2.57. The van der Waals surface area contributed by atoms with Crippen molar-refractivity contribution in [2.24, 2.45) is 0 Å². The number of nitrogens with zero attached hydrogens (tertiary/aromatic N) is 2. The van der Waals surface area contributed by atoms with E-state index < -0.39 is 0 Å². The topological polar surface area (TPSA) is 8.82 Å². The van der Waals surface area contributed by atoms with Gasteiger partial charge in [-0.1, -0.05) is 77.9 Å². The molecule has 0 saturated heterocycles. The second-order valence-corrected chi connectivity index (χ2v) is 18.1. The van der Waals surface area contributed by atoms with E-state index in [-0.39, 0.29) is 10.8 Å². The Balaban J connectivity index is 1.63. The summed E-state index contributed by atoms with van der Waals surface area (Å²) in [7, 11) is 0. The summed E-state index contributed by atoms with van der Waals surface area (Å²) in [6, 6.07) is 32.2. The molecule has 0 aliphatic heterocycles. The Morgan fingerprint density at radius 2 is 0.750 bits per heavy atom. The molecule has 0 atom stereocenters. The SMILES string of the molecule is CC(C)(C)c1ccc2c(c1)sc1c3sc4ccccc4n4c5ccc(C(C)(C)C)cc5sc(c5sc6ccccc6n2c51)c34. The van der Waals surface area contributed by atoms with E-state index >= 15 is 0 Å². The first-order valence-electron chi connectivity index (χ1n) is 15.1. The van der Waals surface area contributed by atoms with Gasteiger partial charge in [-0.15, -0.1) is 45.3 Å². The zero-order valence-corrected chi connectivity index (χ0v) is 28.9. The lowest BCUT2D eigenvalue weighted by molar-refractivity contribution is 0.591. The van der Waals surface area contributed by atoms with Gasteiger partial charge in [0, 0.05) is 0 Å². The van der Waals surface area contributed by atoms with Gasteiger partial charge in [-0.3, -0.25) is 0 Å². The summed E-state index contributed by atoms with van der Waals surface area (Å²) in [6.07, 6.45) is 0. The van der Waals surface area contributed by atoms with Crippen LogP contribution in [0.4, 0.5) is 0 Å². The van der Waals surface area contributed by atoms with Gasteiger partial charge in [0.05, 0.1) is 70.7 Å². The van der Waals surface area contributed by atoms with Crippen LogP contribution in [0.3, 0.4) is 0 Å². The van der Waals surface area contributed by atoms with Gasteiger partial charge in [-0.2, -0.15) is 0 Å². The molecule has 2 nitrogen and oxygen atoms in total. The van der Waals surface area contributed by atoms with Crippen LogP contribution in [0.25, 0.3) is 70.7 Å². The van der Waals surface area contributed by atoms with E-state index in [2.05, 4.69) is 135 Å². The Bertz CT molecular complexity index is 2500. The molecule has 0 unspecified atom stereocenters. The highest BCUT2D eigenvalue weighted by atomic mass is 32.1. The van der Waals surface area contributed by atoms with Gasteiger partial charge in [-0.25, -0.2) is 0 Å². The molecule has 0 amide bonds. The average molecular weight is 645 g/mol. The monoisotopic (exact) mass is 644 g/mol. The Morgan fingerprint density at radius 3 is 1.14 bits per heavy atom. The molecule has 0 fully saturated rings. The van der Waals surface area contributed by atoms with Crippen LogP contribution in [-0.4, -0.2) is 8.80 Å². The second-order valence-electron chi connectivity index (χ2n) is 13.9. The van der Waals surface area contributed by atoms with Crippen LogP contribution in [0.15, 0.2) is 84.9 Å². The van der Waals surface area contributed by atoms with E-state index in [4.69, 9.17) is 0 Å². The molecule has 0 aliphatic carbocycles. The maximum absolute atomic E-state index is 2.57. The fourth-order valence-corrected chi connectivity index (χ4v) is 11.7. The molecule has 9 rings (SSSR count). The largest absolute Gasteiger partial charge is 0.305 e. The van der Waals surface area contributed by atoms with E-state index in [1.807, 2.05) is 45.3 Å². The number of fused-ring (bicyclic) bond motifs is 10. The summed E-state index contributed by atoms with van der Waals surface area (Å²) < 4.78 is 15.9. The number of rotatable bonds is 0. The molecule has 0 bridgehead atoms. The molecule has 0 saturated carbocycles. The molecule has 5 aromatic carbocycles. The van der Waals surface area contributed by atoms with Crippen molar-refractivity contribution >= 4 is 116 Å². The quantitative estimate of drug-likeness (QED) is 0.115. The minimum Gasteiger partial charge on any atom is -0.305 e. The number of hydrogen-bond donors (Lipinski definition) is 0. The molecular formula is C38H32N2S4. The molecule has 0 aliphatic rings. The first-order valence-corrected chi connectivity index (χ1v) is 18.4. The molecular weight excluding hydrogens is 613 g/mol. The first-order chi connectivity index (χ1) is 21.1. The summed E-state index contributed by atoms with van der Waals surface area (Å²) >= 11 is 7.82. The predicted octanol–water partition coefficient (Wildman–Crippen LogP) is 13.1. The van der Waals surface area contributed by atoms with Crippen molar-refractivity contribution in [3.8, 4) is 0 Å². The highest BCUT2D eigenvalue weighted by Gasteiger charge is 2.24. The molecule has 0 spiro atoms. The van der Waals surface area contributed by atoms with Crippen molar-refractivity contribution in [1.29, 1.82) is 0 Å². The molecule has 0 radical (unpaired) electrons. The lowest BCUT2D eigenvalue weighted by Gasteiger charge is -2.23. The normalized spacial score (nSPS) is 13.2. The highest BCUT2D eigenvalue weighted by Crippen LogP contribution is 2.49. The third-order valence-corrected chi connectivity index (χ3v) is 13.8. The summed E-state index contributed by atoms with van der Waals surface area (Å²) in [5.41, 5.74) is 10.7. The first kappa shape index (κ1) is 26.9. The smallest absolute Gasteiger partial charge is 0.0838 e. The van der Waals surface area contributed by atoms with Crippen molar-refractivity contribution in [3.05, 3.63) is 96.1 Å². The number of benzene rings is 5. The molecule has 0 N–H and O–H groups in total. The van der Waals surface area contributed by atoms with Gasteiger partial charge in [0.25, 0.3) is 0 Å². The standard InChI is InChI=1S/C38H32N2S4/c1-37(2,3)21-15-17-25-29(19-21)43-35-31-34(42-27-13-9-7-11-23(27)39(25)31)36-32-33(35)41-28-14-10-8-12-24(28)40(32)26-18-16-22(38(4,5)6)20-30(26)44-36/h7-20H,1-6H3. The zero-order valence-electron chi connectivity index (χ0n) is 25.6. The van der Waals surface area contributed by atoms with Gasteiger partial charge < -0.3 is 8.80 Å². The Labute approximate surface area is 271 Å². The molecule has 44 heavy (non-hydrogen) atoms. The third kappa shape index (κ3) is 3.75. The molecule has 218 valence electrons. The van der Waals surface area contributed by atoms with E-state index in [1.165, 1.54) is 81.8 Å². The summed E-state index contributed by atoms with van der Waals surface area (Å²) in [4.78, 5) is 0. The Kier molecular flexibility index (Phi) is 5.55. The van der Waals surface area contributed by atoms with Crippen LogP contribution in [-0.2, 0) is 10.8 Å². The van der Waals surface area contributed by atoms with E-state index in [1.54, 1.807) is 0 Å². The Morgan fingerprint density at radius 1 is 0.409 bits per heavy atom. The molecule has 4 heterocycles. The Hall–Kier alpha value is -3.42. The average Bonchev–Trinajstić information content (AvgIpc) is 3.01. The summed E-state index contributed by atoms with van der Waals surface area (Å²) in [5.74, 6) is 0. The van der Waals surface area contributed by atoms with E-state index in [9.17, 15) is 0 Å². The molecule has 6 heteroatoms. The van der Waals surface area contributed by atoms with Crippen molar-refractivity contribution in [1.82, 2.24) is 8.80 Å². The molecule has 9 aromatic rings. The minimum atomic E-state index is 0.0809. The van der Waals surface area contributed by atoms with E-state index in [0.717, 1.165) is 0 Å². The fourth-order valence-electron chi connectivity index (χ4n) is 6.55. The summed E-state index contributed by atoms with van der Waals surface area (Å²) in [5, 5.41) is 0. The van der Waals surface area contributed by atoms with Gasteiger partial charge >= 0.3 is 0 Å². The maximum Gasteiger partial charge on any atom is 0.0838 e. The predicted molar refractivity (Wildman–Crippen MR) is 200 cm³/mol. The van der Waals surface area contributed by atoms with E-state index in [0.29, 0.717) is 0 Å². The van der Waals surface area contributed by atoms with Crippen LogP contribution < -0.4 is 0 Å². The highest BCUT2D eigenvalue weighted by molar-refractivity contribution is 7.36.